The minimum Gasteiger partial charge on any atom is -0.497 e. The summed E-state index contributed by atoms with van der Waals surface area (Å²) in [7, 11) is -1.99. The Balaban J connectivity index is 3.00. The second-order valence-corrected chi connectivity index (χ2v) is 6.40. The van der Waals surface area contributed by atoms with Crippen LogP contribution in [-0.4, -0.2) is 43.4 Å². The van der Waals surface area contributed by atoms with Crippen molar-refractivity contribution in [1.82, 2.24) is 0 Å². The Labute approximate surface area is 107 Å². The van der Waals surface area contributed by atoms with Crippen LogP contribution in [0.15, 0.2) is 24.3 Å². The highest BCUT2D eigenvalue weighted by molar-refractivity contribution is 7.92. The lowest BCUT2D eigenvalue weighted by atomic mass is 10.1. The summed E-state index contributed by atoms with van der Waals surface area (Å²) in [5, 5.41) is 18.0. The summed E-state index contributed by atoms with van der Waals surface area (Å²) in [5.74, 6) is 0.496. The molecule has 0 fully saturated rings. The monoisotopic (exact) mass is 274 g/mol. The normalized spacial score (nSPS) is 15.1. The topological polar surface area (TPSA) is 83.8 Å². The Morgan fingerprint density at radius 1 is 1.28 bits per heavy atom. The van der Waals surface area contributed by atoms with E-state index in [0.717, 1.165) is 0 Å². The minimum atomic E-state index is -3.50. The Hall–Kier alpha value is -1.11. The fraction of sp³-hybridized carbons (Fsp3) is 0.500. The molecular weight excluding hydrogens is 256 g/mol. The molecule has 1 aromatic rings. The molecule has 0 bridgehead atoms. The van der Waals surface area contributed by atoms with Gasteiger partial charge in [0.15, 0.2) is 9.84 Å². The second-order valence-electron chi connectivity index (χ2n) is 3.89. The number of rotatable bonds is 6. The zero-order valence-electron chi connectivity index (χ0n) is 10.4. The van der Waals surface area contributed by atoms with E-state index in [0.29, 0.717) is 11.3 Å². The molecule has 0 aliphatic carbocycles. The van der Waals surface area contributed by atoms with Gasteiger partial charge in [-0.05, 0) is 17.7 Å². The number of methoxy groups -OCH3 is 1. The van der Waals surface area contributed by atoms with Crippen LogP contribution >= 0.6 is 0 Å². The first-order valence-corrected chi connectivity index (χ1v) is 7.32. The van der Waals surface area contributed by atoms with Crippen LogP contribution < -0.4 is 4.74 Å². The largest absolute Gasteiger partial charge is 0.497 e. The van der Waals surface area contributed by atoms with Gasteiger partial charge in [-0.15, -0.1) is 0 Å². The summed E-state index contributed by atoms with van der Waals surface area (Å²) in [5.41, 5.74) is 0.437. The van der Waals surface area contributed by atoms with Crippen molar-refractivity contribution < 1.29 is 23.4 Å². The highest BCUT2D eigenvalue weighted by atomic mass is 32.2. The van der Waals surface area contributed by atoms with Gasteiger partial charge in [-0.25, -0.2) is 8.42 Å². The fourth-order valence-electron chi connectivity index (χ4n) is 1.64. The first kappa shape index (κ1) is 14.9. The van der Waals surface area contributed by atoms with Gasteiger partial charge in [0.25, 0.3) is 0 Å². The van der Waals surface area contributed by atoms with Gasteiger partial charge in [0.2, 0.25) is 0 Å². The highest BCUT2D eigenvalue weighted by Crippen LogP contribution is 2.24. The van der Waals surface area contributed by atoms with Gasteiger partial charge >= 0.3 is 0 Å². The van der Waals surface area contributed by atoms with Gasteiger partial charge < -0.3 is 14.9 Å². The maximum atomic E-state index is 11.7. The standard InChI is InChI=1S/C12H18O5S/c1-3-18(15,16)11(8-13)12(14)9-4-6-10(17-2)7-5-9/h4-7,11-14H,3,8H2,1-2H3/t11-,12-/m1/s1. The summed E-state index contributed by atoms with van der Waals surface area (Å²) in [6, 6.07) is 6.42. The quantitative estimate of drug-likeness (QED) is 0.790. The van der Waals surface area contributed by atoms with Crippen LogP contribution in [0.1, 0.15) is 18.6 Å². The number of benzene rings is 1. The zero-order valence-corrected chi connectivity index (χ0v) is 11.2. The Kier molecular flexibility index (Phi) is 5.13. The van der Waals surface area contributed by atoms with Gasteiger partial charge in [-0.2, -0.15) is 0 Å². The van der Waals surface area contributed by atoms with Crippen molar-refractivity contribution in [3.63, 3.8) is 0 Å². The summed E-state index contributed by atoms with van der Waals surface area (Å²) >= 11 is 0. The lowest BCUT2D eigenvalue weighted by Gasteiger charge is -2.21. The molecule has 0 radical (unpaired) electrons. The van der Waals surface area contributed by atoms with Gasteiger partial charge in [-0.3, -0.25) is 0 Å². The number of aliphatic hydroxyl groups excluding tert-OH is 2. The van der Waals surface area contributed by atoms with Crippen molar-refractivity contribution in [3.05, 3.63) is 29.8 Å². The van der Waals surface area contributed by atoms with Crippen LogP contribution in [0.3, 0.4) is 0 Å². The van der Waals surface area contributed by atoms with E-state index < -0.39 is 27.8 Å². The number of ether oxygens (including phenoxy) is 1. The van der Waals surface area contributed by atoms with Crippen LogP contribution in [0.25, 0.3) is 0 Å². The number of sulfone groups is 1. The maximum Gasteiger partial charge on any atom is 0.158 e. The summed E-state index contributed by atoms with van der Waals surface area (Å²) < 4.78 is 28.4. The van der Waals surface area contributed by atoms with E-state index in [2.05, 4.69) is 0 Å². The molecule has 2 N–H and O–H groups in total. The smallest absolute Gasteiger partial charge is 0.158 e. The van der Waals surface area contributed by atoms with E-state index in [1.54, 1.807) is 24.3 Å². The summed E-state index contributed by atoms with van der Waals surface area (Å²) in [4.78, 5) is 0. The second kappa shape index (κ2) is 6.17. The molecular formula is C12H18O5S. The molecule has 0 aromatic heterocycles. The summed E-state index contributed by atoms with van der Waals surface area (Å²) in [6.07, 6.45) is -1.24. The van der Waals surface area contributed by atoms with Crippen LogP contribution in [-0.2, 0) is 9.84 Å². The number of hydrogen-bond acceptors (Lipinski definition) is 5. The van der Waals surface area contributed by atoms with Crippen molar-refractivity contribution in [3.8, 4) is 5.75 Å². The molecule has 0 aliphatic rings. The third-order valence-corrected chi connectivity index (χ3v) is 4.99. The van der Waals surface area contributed by atoms with Crippen molar-refractivity contribution in [2.45, 2.75) is 18.3 Å². The molecule has 1 rings (SSSR count). The van der Waals surface area contributed by atoms with Gasteiger partial charge in [0.05, 0.1) is 19.8 Å². The van der Waals surface area contributed by atoms with Gasteiger partial charge in [-0.1, -0.05) is 19.1 Å². The minimum absolute atomic E-state index is 0.120. The van der Waals surface area contributed by atoms with Gasteiger partial charge in [0, 0.05) is 5.75 Å². The third-order valence-electron chi connectivity index (χ3n) is 2.85. The molecule has 6 heteroatoms. The van der Waals surface area contributed by atoms with Crippen LogP contribution in [0, 0.1) is 0 Å². The van der Waals surface area contributed by atoms with Crippen molar-refractivity contribution in [2.24, 2.45) is 0 Å². The fourth-order valence-corrected chi connectivity index (χ4v) is 2.84. The lowest BCUT2D eigenvalue weighted by molar-refractivity contribution is 0.138. The van der Waals surface area contributed by atoms with Crippen LogP contribution in [0.5, 0.6) is 5.75 Å². The average molecular weight is 274 g/mol. The lowest BCUT2D eigenvalue weighted by Crippen LogP contribution is -2.33. The first-order chi connectivity index (χ1) is 8.46. The molecule has 1 aromatic carbocycles. The van der Waals surface area contributed by atoms with Gasteiger partial charge in [0.1, 0.15) is 11.0 Å². The molecule has 0 saturated heterocycles. The molecule has 18 heavy (non-hydrogen) atoms. The molecule has 0 unspecified atom stereocenters. The molecule has 102 valence electrons. The van der Waals surface area contributed by atoms with E-state index in [1.165, 1.54) is 14.0 Å². The number of aliphatic hydroxyl groups is 2. The van der Waals surface area contributed by atoms with Crippen LogP contribution in [0.2, 0.25) is 0 Å². The molecule has 0 spiro atoms. The zero-order chi connectivity index (χ0) is 13.8. The van der Waals surface area contributed by atoms with Crippen LogP contribution in [0.4, 0.5) is 0 Å². The van der Waals surface area contributed by atoms with E-state index in [4.69, 9.17) is 9.84 Å². The Morgan fingerprint density at radius 2 is 1.83 bits per heavy atom. The average Bonchev–Trinajstić information content (AvgIpc) is 2.39. The van der Waals surface area contributed by atoms with E-state index in [1.807, 2.05) is 0 Å². The predicted octanol–water partition coefficient (Wildman–Crippen LogP) is 0.524. The molecule has 0 saturated carbocycles. The highest BCUT2D eigenvalue weighted by Gasteiger charge is 2.31. The van der Waals surface area contributed by atoms with E-state index >= 15 is 0 Å². The molecule has 0 heterocycles. The van der Waals surface area contributed by atoms with E-state index in [9.17, 15) is 13.5 Å². The first-order valence-electron chi connectivity index (χ1n) is 5.60. The predicted molar refractivity (Wildman–Crippen MR) is 68.3 cm³/mol. The third kappa shape index (κ3) is 3.22. The molecule has 0 aliphatic heterocycles. The van der Waals surface area contributed by atoms with Crippen molar-refractivity contribution in [1.29, 1.82) is 0 Å². The SMILES string of the molecule is CCS(=O)(=O)[C@H](CO)[C@H](O)c1ccc(OC)cc1. The number of hydrogen-bond donors (Lipinski definition) is 2. The van der Waals surface area contributed by atoms with Crippen molar-refractivity contribution >= 4 is 9.84 Å². The summed E-state index contributed by atoms with van der Waals surface area (Å²) in [6.45, 7) is 0.877. The molecule has 2 atom stereocenters. The Bertz CT molecular complexity index is 466. The molecule has 5 nitrogen and oxygen atoms in total. The Morgan fingerprint density at radius 3 is 2.22 bits per heavy atom. The van der Waals surface area contributed by atoms with Crippen molar-refractivity contribution in [2.75, 3.05) is 19.5 Å². The van der Waals surface area contributed by atoms with E-state index in [-0.39, 0.29) is 5.75 Å². The molecule has 0 amide bonds. The maximum absolute atomic E-state index is 11.7.